The first-order valence-corrected chi connectivity index (χ1v) is 7.98. The molecule has 0 saturated heterocycles. The molecule has 4 N–H and O–H groups in total. The van der Waals surface area contributed by atoms with Crippen LogP contribution >= 0.6 is 11.3 Å². The van der Waals surface area contributed by atoms with E-state index in [-0.39, 0.29) is 17.4 Å². The number of rotatable bonds is 5. The van der Waals surface area contributed by atoms with Gasteiger partial charge in [-0.05, 0) is 48.6 Å². The van der Waals surface area contributed by atoms with Crippen LogP contribution in [0.15, 0.2) is 11.4 Å². The molecule has 4 heteroatoms. The number of aryl methyl sites for hydroxylation is 1. The first kappa shape index (κ1) is 14.5. The molecule has 1 atom stereocenters. The van der Waals surface area contributed by atoms with Gasteiger partial charge in [-0.25, -0.2) is 0 Å². The maximum atomic E-state index is 11.4. The standard InChI is InChI=1S/C15H24N2OS/c1-11-5-8-19-14(11)12(16)9-15(10-13(17)18)6-3-2-4-7-15/h5,8,12H,2-4,6-7,9-10,16H2,1H3,(H2,17,18). The van der Waals surface area contributed by atoms with Gasteiger partial charge in [-0.1, -0.05) is 19.3 Å². The maximum Gasteiger partial charge on any atom is 0.217 e. The third-order valence-corrected chi connectivity index (χ3v) is 5.51. The smallest absolute Gasteiger partial charge is 0.217 e. The zero-order valence-electron chi connectivity index (χ0n) is 11.7. The fourth-order valence-electron chi connectivity index (χ4n) is 3.45. The lowest BCUT2D eigenvalue weighted by Gasteiger charge is -2.38. The minimum atomic E-state index is -0.183. The molecule has 1 aliphatic rings. The second kappa shape index (κ2) is 6.06. The second-order valence-corrected chi connectivity index (χ2v) is 6.93. The molecule has 106 valence electrons. The molecule has 19 heavy (non-hydrogen) atoms. The number of thiophene rings is 1. The van der Waals surface area contributed by atoms with Crippen LogP contribution in [0.25, 0.3) is 0 Å². The van der Waals surface area contributed by atoms with Gasteiger partial charge in [0.25, 0.3) is 0 Å². The molecular formula is C15H24N2OS. The van der Waals surface area contributed by atoms with Crippen molar-refractivity contribution < 1.29 is 4.79 Å². The van der Waals surface area contributed by atoms with E-state index in [1.54, 1.807) is 11.3 Å². The Morgan fingerprint density at radius 2 is 2.11 bits per heavy atom. The monoisotopic (exact) mass is 280 g/mol. The van der Waals surface area contributed by atoms with Crippen molar-refractivity contribution >= 4 is 17.2 Å². The lowest BCUT2D eigenvalue weighted by Crippen LogP contribution is -2.33. The van der Waals surface area contributed by atoms with E-state index in [0.717, 1.165) is 19.3 Å². The highest BCUT2D eigenvalue weighted by molar-refractivity contribution is 7.10. The topological polar surface area (TPSA) is 69.1 Å². The van der Waals surface area contributed by atoms with Gasteiger partial charge in [0.05, 0.1) is 0 Å². The van der Waals surface area contributed by atoms with Gasteiger partial charge >= 0.3 is 0 Å². The molecular weight excluding hydrogens is 256 g/mol. The van der Waals surface area contributed by atoms with Crippen molar-refractivity contribution in [3.63, 3.8) is 0 Å². The maximum absolute atomic E-state index is 11.4. The van der Waals surface area contributed by atoms with Crippen LogP contribution in [-0.2, 0) is 4.79 Å². The van der Waals surface area contributed by atoms with E-state index >= 15 is 0 Å². The Bertz CT molecular complexity index is 435. The largest absolute Gasteiger partial charge is 0.370 e. The lowest BCUT2D eigenvalue weighted by atomic mass is 9.68. The van der Waals surface area contributed by atoms with Crippen LogP contribution in [0.4, 0.5) is 0 Å². The van der Waals surface area contributed by atoms with Crippen LogP contribution in [0.2, 0.25) is 0 Å². The summed E-state index contributed by atoms with van der Waals surface area (Å²) in [5.74, 6) is -0.183. The molecule has 0 radical (unpaired) electrons. The number of nitrogens with two attached hydrogens (primary N) is 2. The molecule has 0 aliphatic heterocycles. The average molecular weight is 280 g/mol. The van der Waals surface area contributed by atoms with Gasteiger partial charge < -0.3 is 11.5 Å². The van der Waals surface area contributed by atoms with E-state index < -0.39 is 0 Å². The zero-order chi connectivity index (χ0) is 13.9. The van der Waals surface area contributed by atoms with Crippen molar-refractivity contribution in [2.24, 2.45) is 16.9 Å². The first-order valence-electron chi connectivity index (χ1n) is 7.10. The van der Waals surface area contributed by atoms with Gasteiger partial charge in [0.2, 0.25) is 5.91 Å². The van der Waals surface area contributed by atoms with E-state index in [1.807, 2.05) is 0 Å². The molecule has 0 bridgehead atoms. The van der Waals surface area contributed by atoms with Crippen molar-refractivity contribution in [3.8, 4) is 0 Å². The van der Waals surface area contributed by atoms with E-state index in [2.05, 4.69) is 18.4 Å². The Balaban J connectivity index is 2.11. The van der Waals surface area contributed by atoms with Gasteiger partial charge in [-0.15, -0.1) is 11.3 Å². The molecule has 1 saturated carbocycles. The van der Waals surface area contributed by atoms with Crippen molar-refractivity contribution in [2.45, 2.75) is 57.9 Å². The van der Waals surface area contributed by atoms with Crippen LogP contribution in [0.5, 0.6) is 0 Å². The number of carbonyl (C=O) groups excluding carboxylic acids is 1. The van der Waals surface area contributed by atoms with Crippen molar-refractivity contribution in [2.75, 3.05) is 0 Å². The van der Waals surface area contributed by atoms with Crippen molar-refractivity contribution in [1.82, 2.24) is 0 Å². The average Bonchev–Trinajstić information content (AvgIpc) is 2.75. The molecule has 1 aromatic heterocycles. The van der Waals surface area contributed by atoms with Crippen molar-refractivity contribution in [3.05, 3.63) is 21.9 Å². The number of hydrogen-bond acceptors (Lipinski definition) is 3. The Morgan fingerprint density at radius 3 is 2.63 bits per heavy atom. The predicted molar refractivity (Wildman–Crippen MR) is 79.9 cm³/mol. The summed E-state index contributed by atoms with van der Waals surface area (Å²) in [6, 6.07) is 2.15. The Hall–Kier alpha value is -0.870. The van der Waals surface area contributed by atoms with E-state index in [0.29, 0.717) is 6.42 Å². The summed E-state index contributed by atoms with van der Waals surface area (Å²) < 4.78 is 0. The third kappa shape index (κ3) is 3.57. The van der Waals surface area contributed by atoms with Crippen LogP contribution in [0.1, 0.15) is 61.4 Å². The highest BCUT2D eigenvalue weighted by Gasteiger charge is 2.35. The van der Waals surface area contributed by atoms with Gasteiger partial charge in [0.15, 0.2) is 0 Å². The number of carbonyl (C=O) groups is 1. The third-order valence-electron chi connectivity index (χ3n) is 4.35. The molecule has 3 nitrogen and oxygen atoms in total. The van der Waals surface area contributed by atoms with Gasteiger partial charge in [0, 0.05) is 17.3 Å². The van der Waals surface area contributed by atoms with Gasteiger partial charge in [-0.3, -0.25) is 4.79 Å². The Morgan fingerprint density at radius 1 is 1.42 bits per heavy atom. The van der Waals surface area contributed by atoms with E-state index in [1.165, 1.54) is 29.7 Å². The van der Waals surface area contributed by atoms with E-state index in [9.17, 15) is 4.79 Å². The summed E-state index contributed by atoms with van der Waals surface area (Å²) in [6.07, 6.45) is 7.23. The molecule has 1 heterocycles. The normalized spacial score (nSPS) is 20.1. The summed E-state index contributed by atoms with van der Waals surface area (Å²) in [6.45, 7) is 2.10. The summed E-state index contributed by atoms with van der Waals surface area (Å²) in [4.78, 5) is 12.7. The predicted octanol–water partition coefficient (Wildman–Crippen LogP) is 3.27. The quantitative estimate of drug-likeness (QED) is 0.869. The summed E-state index contributed by atoms with van der Waals surface area (Å²) >= 11 is 1.72. The van der Waals surface area contributed by atoms with Gasteiger partial charge in [-0.2, -0.15) is 0 Å². The number of primary amides is 1. The fraction of sp³-hybridized carbons (Fsp3) is 0.667. The SMILES string of the molecule is Cc1ccsc1C(N)CC1(CC(N)=O)CCCCC1. The molecule has 1 amide bonds. The van der Waals surface area contributed by atoms with Crippen LogP contribution in [0.3, 0.4) is 0 Å². The lowest BCUT2D eigenvalue weighted by molar-refractivity contribution is -0.121. The fourth-order valence-corrected chi connectivity index (χ4v) is 4.38. The highest BCUT2D eigenvalue weighted by atomic mass is 32.1. The minimum Gasteiger partial charge on any atom is -0.370 e. The van der Waals surface area contributed by atoms with Gasteiger partial charge in [0.1, 0.15) is 0 Å². The second-order valence-electron chi connectivity index (χ2n) is 5.98. The van der Waals surface area contributed by atoms with E-state index in [4.69, 9.17) is 11.5 Å². The molecule has 0 spiro atoms. The van der Waals surface area contributed by atoms with Crippen molar-refractivity contribution in [1.29, 1.82) is 0 Å². The molecule has 1 aromatic rings. The number of hydrogen-bond donors (Lipinski definition) is 2. The minimum absolute atomic E-state index is 0.0393. The van der Waals surface area contributed by atoms with Crippen LogP contribution in [-0.4, -0.2) is 5.91 Å². The Labute approximate surface area is 119 Å². The van der Waals surface area contributed by atoms with Crippen LogP contribution in [0, 0.1) is 12.3 Å². The highest BCUT2D eigenvalue weighted by Crippen LogP contribution is 2.45. The summed E-state index contributed by atoms with van der Waals surface area (Å²) in [7, 11) is 0. The Kier molecular flexibility index (Phi) is 4.63. The molecule has 0 aromatic carbocycles. The summed E-state index contributed by atoms with van der Waals surface area (Å²) in [5, 5.41) is 2.09. The molecule has 1 aliphatic carbocycles. The first-order chi connectivity index (χ1) is 9.02. The number of amides is 1. The molecule has 2 rings (SSSR count). The molecule has 1 unspecified atom stereocenters. The zero-order valence-corrected chi connectivity index (χ0v) is 12.5. The summed E-state index contributed by atoms with van der Waals surface area (Å²) in [5.41, 5.74) is 13.2. The van der Waals surface area contributed by atoms with Crippen LogP contribution < -0.4 is 11.5 Å². The molecule has 1 fully saturated rings.